The third kappa shape index (κ3) is 4.19. The second-order valence-electron chi connectivity index (χ2n) is 4.49. The quantitative estimate of drug-likeness (QED) is 0.793. The molecule has 0 aromatic rings. The van der Waals surface area contributed by atoms with Gasteiger partial charge in [-0.2, -0.15) is 0 Å². The van der Waals surface area contributed by atoms with Gasteiger partial charge < -0.3 is 4.90 Å². The summed E-state index contributed by atoms with van der Waals surface area (Å²) in [7, 11) is 0. The molecule has 0 aromatic carbocycles. The number of alkyl halides is 1. The molecule has 1 N–H and O–H groups in total. The van der Waals surface area contributed by atoms with Crippen LogP contribution in [0, 0.1) is 0 Å². The Kier molecular flexibility index (Phi) is 5.75. The highest BCUT2D eigenvalue weighted by Gasteiger charge is 2.25. The molecule has 0 aliphatic heterocycles. The number of nitrogens with one attached hydrogen (secondary N) is 1. The summed E-state index contributed by atoms with van der Waals surface area (Å²) in [5, 5.41) is 1.67. The van der Waals surface area contributed by atoms with E-state index in [1.54, 1.807) is 11.8 Å². The van der Waals surface area contributed by atoms with Gasteiger partial charge in [-0.15, -0.1) is 11.6 Å². The van der Waals surface area contributed by atoms with E-state index in [0.29, 0.717) is 6.54 Å². The van der Waals surface area contributed by atoms with E-state index in [1.165, 1.54) is 6.42 Å². The van der Waals surface area contributed by atoms with Crippen LogP contribution in [0.25, 0.3) is 0 Å². The van der Waals surface area contributed by atoms with Crippen molar-refractivity contribution < 1.29 is 9.59 Å². The van der Waals surface area contributed by atoms with Crippen molar-refractivity contribution >= 4 is 23.5 Å². The Morgan fingerprint density at radius 1 is 1.35 bits per heavy atom. The number of imide groups is 1. The molecule has 1 rings (SSSR count). The molecular formula is C12H21ClN2O2. The first-order valence-electron chi connectivity index (χ1n) is 6.31. The lowest BCUT2D eigenvalue weighted by molar-refractivity contribution is -0.119. The van der Waals surface area contributed by atoms with Gasteiger partial charge in [-0.3, -0.25) is 10.1 Å². The molecule has 4 nitrogen and oxygen atoms in total. The Labute approximate surface area is 108 Å². The predicted molar refractivity (Wildman–Crippen MR) is 68.1 cm³/mol. The lowest BCUT2D eigenvalue weighted by Gasteiger charge is -2.33. The fourth-order valence-corrected chi connectivity index (χ4v) is 2.29. The molecule has 0 radical (unpaired) electrons. The molecule has 0 heterocycles. The molecule has 1 fully saturated rings. The molecule has 3 amide bonds. The van der Waals surface area contributed by atoms with E-state index in [9.17, 15) is 9.59 Å². The normalized spacial score (nSPS) is 18.5. The molecule has 0 spiro atoms. The van der Waals surface area contributed by atoms with Crippen molar-refractivity contribution in [3.63, 3.8) is 0 Å². The van der Waals surface area contributed by atoms with E-state index in [0.717, 1.165) is 25.7 Å². The van der Waals surface area contributed by atoms with Gasteiger partial charge in [-0.1, -0.05) is 19.3 Å². The van der Waals surface area contributed by atoms with Gasteiger partial charge in [-0.05, 0) is 26.7 Å². The zero-order chi connectivity index (χ0) is 12.8. The minimum atomic E-state index is -0.677. The van der Waals surface area contributed by atoms with Crippen LogP contribution in [-0.4, -0.2) is 34.8 Å². The molecular weight excluding hydrogens is 240 g/mol. The molecule has 0 bridgehead atoms. The first-order chi connectivity index (χ1) is 8.06. The molecule has 5 heteroatoms. The van der Waals surface area contributed by atoms with Crippen LogP contribution in [0.15, 0.2) is 0 Å². The van der Waals surface area contributed by atoms with Crippen molar-refractivity contribution in [2.45, 2.75) is 57.4 Å². The Morgan fingerprint density at radius 2 is 1.94 bits per heavy atom. The van der Waals surface area contributed by atoms with Crippen LogP contribution in [0.5, 0.6) is 0 Å². The highest BCUT2D eigenvalue weighted by Crippen LogP contribution is 2.22. The monoisotopic (exact) mass is 260 g/mol. The second kappa shape index (κ2) is 6.84. The van der Waals surface area contributed by atoms with E-state index in [2.05, 4.69) is 5.32 Å². The Hall–Kier alpha value is -0.770. The molecule has 98 valence electrons. The fraction of sp³-hybridized carbons (Fsp3) is 0.833. The summed E-state index contributed by atoms with van der Waals surface area (Å²) in [6.45, 7) is 4.12. The van der Waals surface area contributed by atoms with E-state index < -0.39 is 11.3 Å². The maximum atomic E-state index is 11.9. The van der Waals surface area contributed by atoms with E-state index in [4.69, 9.17) is 11.6 Å². The number of hydrogen-bond acceptors (Lipinski definition) is 2. The van der Waals surface area contributed by atoms with Crippen LogP contribution in [0.2, 0.25) is 0 Å². The standard InChI is InChI=1S/C12H21ClN2O2/c1-3-15(10-7-5-4-6-8-10)12(17)14-11(16)9(2)13/h9-10H,3-8H2,1-2H3,(H,14,16,17). The lowest BCUT2D eigenvalue weighted by atomic mass is 9.94. The summed E-state index contributed by atoms with van der Waals surface area (Å²) < 4.78 is 0. The molecule has 1 aliphatic carbocycles. The summed E-state index contributed by atoms with van der Waals surface area (Å²) in [4.78, 5) is 25.0. The zero-order valence-corrected chi connectivity index (χ0v) is 11.3. The summed E-state index contributed by atoms with van der Waals surface area (Å²) in [6.07, 6.45) is 5.63. The summed E-state index contributed by atoms with van der Waals surface area (Å²) in [5.41, 5.74) is 0. The van der Waals surface area contributed by atoms with Crippen LogP contribution in [-0.2, 0) is 4.79 Å². The Bertz CT molecular complexity index is 276. The topological polar surface area (TPSA) is 49.4 Å². The van der Waals surface area contributed by atoms with Gasteiger partial charge in [0.05, 0.1) is 0 Å². The highest BCUT2D eigenvalue weighted by atomic mass is 35.5. The molecule has 17 heavy (non-hydrogen) atoms. The Morgan fingerprint density at radius 3 is 2.41 bits per heavy atom. The number of carbonyl (C=O) groups is 2. The number of halogens is 1. The number of hydrogen-bond donors (Lipinski definition) is 1. The first kappa shape index (κ1) is 14.3. The molecule has 1 unspecified atom stereocenters. The van der Waals surface area contributed by atoms with Gasteiger partial charge in [-0.25, -0.2) is 4.79 Å². The van der Waals surface area contributed by atoms with Crippen molar-refractivity contribution in [3.05, 3.63) is 0 Å². The number of amides is 3. The predicted octanol–water partition coefficient (Wildman–Crippen LogP) is 2.50. The molecule has 0 aromatic heterocycles. The Balaban J connectivity index is 2.53. The van der Waals surface area contributed by atoms with Gasteiger partial charge in [0.15, 0.2) is 0 Å². The molecule has 1 atom stereocenters. The highest BCUT2D eigenvalue weighted by molar-refractivity contribution is 6.31. The first-order valence-corrected chi connectivity index (χ1v) is 6.75. The van der Waals surface area contributed by atoms with Gasteiger partial charge in [0, 0.05) is 12.6 Å². The third-order valence-electron chi connectivity index (χ3n) is 3.21. The average Bonchev–Trinajstić information content (AvgIpc) is 2.31. The number of urea groups is 1. The minimum absolute atomic E-state index is 0.271. The van der Waals surface area contributed by atoms with Crippen molar-refractivity contribution in [1.82, 2.24) is 10.2 Å². The number of carbonyl (C=O) groups excluding carboxylic acids is 2. The summed E-state index contributed by atoms with van der Waals surface area (Å²) in [6, 6.07) is -0.0379. The SMILES string of the molecule is CCN(C(=O)NC(=O)C(C)Cl)C1CCCCC1. The van der Waals surface area contributed by atoms with Crippen LogP contribution < -0.4 is 5.32 Å². The lowest BCUT2D eigenvalue weighted by Crippen LogP contribution is -2.49. The smallest absolute Gasteiger partial charge is 0.322 e. The zero-order valence-electron chi connectivity index (χ0n) is 10.5. The molecule has 1 aliphatic rings. The van der Waals surface area contributed by atoms with Crippen molar-refractivity contribution in [3.8, 4) is 0 Å². The average molecular weight is 261 g/mol. The van der Waals surface area contributed by atoms with Gasteiger partial charge in [0.2, 0.25) is 5.91 Å². The number of rotatable bonds is 3. The van der Waals surface area contributed by atoms with E-state index in [-0.39, 0.29) is 12.1 Å². The van der Waals surface area contributed by atoms with Gasteiger partial charge in [0.25, 0.3) is 0 Å². The van der Waals surface area contributed by atoms with Crippen molar-refractivity contribution in [1.29, 1.82) is 0 Å². The third-order valence-corrected chi connectivity index (χ3v) is 3.41. The molecule has 1 saturated carbocycles. The molecule has 0 saturated heterocycles. The van der Waals surface area contributed by atoms with Crippen LogP contribution in [0.3, 0.4) is 0 Å². The summed E-state index contributed by atoms with van der Waals surface area (Å²) in [5.74, 6) is -0.425. The fourth-order valence-electron chi connectivity index (χ4n) is 2.24. The second-order valence-corrected chi connectivity index (χ2v) is 5.14. The maximum absolute atomic E-state index is 11.9. The van der Waals surface area contributed by atoms with Crippen LogP contribution in [0.4, 0.5) is 4.79 Å². The number of nitrogens with zero attached hydrogens (tertiary/aromatic N) is 1. The summed E-state index contributed by atoms with van der Waals surface area (Å²) >= 11 is 5.62. The van der Waals surface area contributed by atoms with E-state index >= 15 is 0 Å². The minimum Gasteiger partial charge on any atom is -0.322 e. The van der Waals surface area contributed by atoms with Crippen LogP contribution >= 0.6 is 11.6 Å². The maximum Gasteiger partial charge on any atom is 0.324 e. The van der Waals surface area contributed by atoms with Gasteiger partial charge >= 0.3 is 6.03 Å². The largest absolute Gasteiger partial charge is 0.324 e. The van der Waals surface area contributed by atoms with Crippen molar-refractivity contribution in [2.75, 3.05) is 6.54 Å². The van der Waals surface area contributed by atoms with E-state index in [1.807, 2.05) is 6.92 Å². The van der Waals surface area contributed by atoms with Gasteiger partial charge in [0.1, 0.15) is 5.38 Å². The van der Waals surface area contributed by atoms with Crippen LogP contribution in [0.1, 0.15) is 46.0 Å². The van der Waals surface area contributed by atoms with Crippen molar-refractivity contribution in [2.24, 2.45) is 0 Å².